The highest BCUT2D eigenvalue weighted by Gasteiger charge is 2.22. The molecule has 0 aliphatic heterocycles. The molecule has 2 unspecified atom stereocenters. The summed E-state index contributed by atoms with van der Waals surface area (Å²) in [5, 5.41) is 11.6. The number of ether oxygens (including phenoxy) is 2. The van der Waals surface area contributed by atoms with E-state index >= 15 is 0 Å². The van der Waals surface area contributed by atoms with Gasteiger partial charge < -0.3 is 19.9 Å². The molecule has 0 aromatic carbocycles. The maximum Gasteiger partial charge on any atom is 0.408 e. The molecular formula is C10H21NO4. The molecule has 0 heterocycles. The number of methoxy groups -OCH3 is 1. The molecule has 0 saturated heterocycles. The SMILES string of the molecule is COC(C)C(CO)NC(=O)OC(C)(C)C. The van der Waals surface area contributed by atoms with Gasteiger partial charge in [0.25, 0.3) is 0 Å². The Morgan fingerprint density at radius 2 is 2.00 bits per heavy atom. The molecule has 2 N–H and O–H groups in total. The first kappa shape index (κ1) is 14.2. The molecule has 2 atom stereocenters. The van der Waals surface area contributed by atoms with Crippen LogP contribution in [0.3, 0.4) is 0 Å². The number of carbonyl (C=O) groups is 1. The van der Waals surface area contributed by atoms with Gasteiger partial charge in [0.15, 0.2) is 0 Å². The lowest BCUT2D eigenvalue weighted by Crippen LogP contribution is -2.47. The minimum absolute atomic E-state index is 0.186. The second-order valence-corrected chi connectivity index (χ2v) is 4.38. The Labute approximate surface area is 90.8 Å². The maximum atomic E-state index is 11.3. The Morgan fingerprint density at radius 1 is 1.47 bits per heavy atom. The molecule has 0 fully saturated rings. The van der Waals surface area contributed by atoms with Gasteiger partial charge in [-0.25, -0.2) is 4.79 Å². The van der Waals surface area contributed by atoms with Gasteiger partial charge in [0.2, 0.25) is 0 Å². The first-order chi connectivity index (χ1) is 6.80. The Bertz CT molecular complexity index is 200. The quantitative estimate of drug-likeness (QED) is 0.737. The molecule has 0 rings (SSSR count). The number of amides is 1. The van der Waals surface area contributed by atoms with E-state index in [1.165, 1.54) is 7.11 Å². The molecule has 0 aromatic heterocycles. The summed E-state index contributed by atoms with van der Waals surface area (Å²) in [5.74, 6) is 0. The van der Waals surface area contributed by atoms with E-state index in [2.05, 4.69) is 5.32 Å². The van der Waals surface area contributed by atoms with E-state index in [1.54, 1.807) is 27.7 Å². The first-order valence-electron chi connectivity index (χ1n) is 4.93. The molecule has 0 aromatic rings. The van der Waals surface area contributed by atoms with Gasteiger partial charge in [0.1, 0.15) is 5.60 Å². The summed E-state index contributed by atoms with van der Waals surface area (Å²) < 4.78 is 10.1. The van der Waals surface area contributed by atoms with Crippen LogP contribution in [0.5, 0.6) is 0 Å². The monoisotopic (exact) mass is 219 g/mol. The maximum absolute atomic E-state index is 11.3. The molecule has 0 aliphatic rings. The normalized spacial score (nSPS) is 15.6. The summed E-state index contributed by atoms with van der Waals surface area (Å²) in [4.78, 5) is 11.3. The topological polar surface area (TPSA) is 67.8 Å². The third kappa shape index (κ3) is 6.30. The number of aliphatic hydroxyl groups is 1. The molecule has 0 bridgehead atoms. The van der Waals surface area contributed by atoms with Crippen LogP contribution in [-0.4, -0.2) is 42.7 Å². The zero-order valence-electron chi connectivity index (χ0n) is 10.0. The molecule has 1 amide bonds. The third-order valence-electron chi connectivity index (χ3n) is 1.84. The molecule has 5 nitrogen and oxygen atoms in total. The summed E-state index contributed by atoms with van der Waals surface area (Å²) in [6, 6.07) is -0.454. The minimum Gasteiger partial charge on any atom is -0.444 e. The van der Waals surface area contributed by atoms with Crippen molar-refractivity contribution in [3.05, 3.63) is 0 Å². The fourth-order valence-corrected chi connectivity index (χ4v) is 0.935. The van der Waals surface area contributed by atoms with Gasteiger partial charge in [-0.15, -0.1) is 0 Å². The Balaban J connectivity index is 4.13. The van der Waals surface area contributed by atoms with Crippen molar-refractivity contribution in [2.45, 2.75) is 45.4 Å². The van der Waals surface area contributed by atoms with Gasteiger partial charge >= 0.3 is 6.09 Å². The fourth-order valence-electron chi connectivity index (χ4n) is 0.935. The van der Waals surface area contributed by atoms with Crippen LogP contribution >= 0.6 is 0 Å². The predicted molar refractivity (Wildman–Crippen MR) is 56.7 cm³/mol. The van der Waals surface area contributed by atoms with Crippen molar-refractivity contribution in [3.8, 4) is 0 Å². The van der Waals surface area contributed by atoms with Crippen molar-refractivity contribution < 1.29 is 19.4 Å². The van der Waals surface area contributed by atoms with Crippen LogP contribution in [0.2, 0.25) is 0 Å². The molecule has 5 heteroatoms. The van der Waals surface area contributed by atoms with Gasteiger partial charge in [-0.1, -0.05) is 0 Å². The van der Waals surface area contributed by atoms with Crippen molar-refractivity contribution >= 4 is 6.09 Å². The molecule has 0 saturated carbocycles. The van der Waals surface area contributed by atoms with Crippen LogP contribution in [0.15, 0.2) is 0 Å². The van der Waals surface area contributed by atoms with E-state index in [0.717, 1.165) is 0 Å². The summed E-state index contributed by atoms with van der Waals surface area (Å²) in [5.41, 5.74) is -0.541. The molecule has 0 radical (unpaired) electrons. The smallest absolute Gasteiger partial charge is 0.408 e. The summed E-state index contributed by atoms with van der Waals surface area (Å²) >= 11 is 0. The largest absolute Gasteiger partial charge is 0.444 e. The highest BCUT2D eigenvalue weighted by atomic mass is 16.6. The average Bonchev–Trinajstić information content (AvgIpc) is 2.10. The van der Waals surface area contributed by atoms with Gasteiger partial charge in [0, 0.05) is 7.11 Å². The number of aliphatic hydroxyl groups excluding tert-OH is 1. The van der Waals surface area contributed by atoms with Gasteiger partial charge in [-0.05, 0) is 27.7 Å². The molecule has 90 valence electrons. The van der Waals surface area contributed by atoms with Crippen molar-refractivity contribution in [2.24, 2.45) is 0 Å². The number of rotatable bonds is 4. The van der Waals surface area contributed by atoms with E-state index < -0.39 is 17.7 Å². The summed E-state index contributed by atoms with van der Waals surface area (Å²) in [7, 11) is 1.52. The van der Waals surface area contributed by atoms with Crippen LogP contribution in [-0.2, 0) is 9.47 Å². The number of hydrogen-bond acceptors (Lipinski definition) is 4. The van der Waals surface area contributed by atoms with Crippen LogP contribution in [0.1, 0.15) is 27.7 Å². The number of alkyl carbamates (subject to hydrolysis) is 1. The second-order valence-electron chi connectivity index (χ2n) is 4.38. The average molecular weight is 219 g/mol. The zero-order valence-corrected chi connectivity index (χ0v) is 10.0. The lowest BCUT2D eigenvalue weighted by Gasteiger charge is -2.25. The van der Waals surface area contributed by atoms with E-state index in [9.17, 15) is 4.79 Å². The van der Waals surface area contributed by atoms with E-state index in [-0.39, 0.29) is 12.7 Å². The third-order valence-corrected chi connectivity index (χ3v) is 1.84. The van der Waals surface area contributed by atoms with Crippen LogP contribution < -0.4 is 5.32 Å². The second kappa shape index (κ2) is 5.92. The van der Waals surface area contributed by atoms with E-state index in [4.69, 9.17) is 14.6 Å². The highest BCUT2D eigenvalue weighted by Crippen LogP contribution is 2.07. The Morgan fingerprint density at radius 3 is 2.33 bits per heavy atom. The number of carbonyl (C=O) groups excluding carboxylic acids is 1. The van der Waals surface area contributed by atoms with Crippen molar-refractivity contribution in [1.29, 1.82) is 0 Å². The predicted octanol–water partition coefficient (Wildman–Crippen LogP) is 0.907. The molecule has 0 aliphatic carbocycles. The number of nitrogens with one attached hydrogen (secondary N) is 1. The van der Waals surface area contributed by atoms with Crippen molar-refractivity contribution in [1.82, 2.24) is 5.32 Å². The van der Waals surface area contributed by atoms with Gasteiger partial charge in [-0.2, -0.15) is 0 Å². The van der Waals surface area contributed by atoms with Crippen LogP contribution in [0.4, 0.5) is 4.79 Å². The van der Waals surface area contributed by atoms with Crippen molar-refractivity contribution in [3.63, 3.8) is 0 Å². The van der Waals surface area contributed by atoms with E-state index in [1.807, 2.05) is 0 Å². The van der Waals surface area contributed by atoms with Gasteiger partial charge in [-0.3, -0.25) is 0 Å². The van der Waals surface area contributed by atoms with Crippen molar-refractivity contribution in [2.75, 3.05) is 13.7 Å². The van der Waals surface area contributed by atoms with Crippen LogP contribution in [0.25, 0.3) is 0 Å². The molecular weight excluding hydrogens is 198 g/mol. The summed E-state index contributed by atoms with van der Waals surface area (Å²) in [6.45, 7) is 6.91. The number of hydrogen-bond donors (Lipinski definition) is 2. The minimum atomic E-state index is -0.551. The Hall–Kier alpha value is -0.810. The summed E-state index contributed by atoms with van der Waals surface area (Å²) in [6.07, 6.45) is -0.812. The zero-order chi connectivity index (χ0) is 12.1. The standard InChI is InChI=1S/C10H21NO4/c1-7(14-5)8(6-12)11-9(13)15-10(2,3)4/h7-8,12H,6H2,1-5H3,(H,11,13). The highest BCUT2D eigenvalue weighted by molar-refractivity contribution is 5.68. The van der Waals surface area contributed by atoms with E-state index in [0.29, 0.717) is 0 Å². The van der Waals surface area contributed by atoms with Gasteiger partial charge in [0.05, 0.1) is 18.8 Å². The molecule has 0 spiro atoms. The lowest BCUT2D eigenvalue weighted by atomic mass is 10.2. The fraction of sp³-hybridized carbons (Fsp3) is 0.900. The first-order valence-corrected chi connectivity index (χ1v) is 4.93. The lowest BCUT2D eigenvalue weighted by molar-refractivity contribution is 0.0278. The Kier molecular flexibility index (Phi) is 5.60. The van der Waals surface area contributed by atoms with Crippen LogP contribution in [0, 0.1) is 0 Å². The molecule has 15 heavy (non-hydrogen) atoms.